The summed E-state index contributed by atoms with van der Waals surface area (Å²) in [4.78, 5) is 13.1. The molecular formula is C13H19N7S. The van der Waals surface area contributed by atoms with Gasteiger partial charge in [0.25, 0.3) is 0 Å². The molecule has 0 amide bonds. The Morgan fingerprint density at radius 3 is 2.48 bits per heavy atom. The number of hydrogen-bond donors (Lipinski definition) is 1. The van der Waals surface area contributed by atoms with E-state index in [2.05, 4.69) is 41.5 Å². The van der Waals surface area contributed by atoms with Crippen molar-refractivity contribution in [2.45, 2.75) is 19.9 Å². The van der Waals surface area contributed by atoms with Crippen LogP contribution < -0.4 is 9.80 Å². The number of rotatable bonds is 4. The maximum Gasteiger partial charge on any atom is 0.225 e. The van der Waals surface area contributed by atoms with Crippen molar-refractivity contribution >= 4 is 24.1 Å². The molecule has 0 saturated carbocycles. The fourth-order valence-corrected chi connectivity index (χ4v) is 2.76. The maximum absolute atomic E-state index is 5.30. The van der Waals surface area contributed by atoms with Gasteiger partial charge in [0, 0.05) is 45.1 Å². The van der Waals surface area contributed by atoms with Crippen LogP contribution in [0.1, 0.15) is 13.3 Å². The van der Waals surface area contributed by atoms with E-state index in [1.165, 1.54) is 0 Å². The van der Waals surface area contributed by atoms with Gasteiger partial charge in [-0.15, -0.1) is 5.10 Å². The molecule has 0 spiro atoms. The number of nitrogens with zero attached hydrogens (tertiary/aromatic N) is 6. The van der Waals surface area contributed by atoms with Crippen LogP contribution in [0.3, 0.4) is 0 Å². The largest absolute Gasteiger partial charge is 0.337 e. The molecular weight excluding hydrogens is 286 g/mol. The Morgan fingerprint density at radius 1 is 1.14 bits per heavy atom. The molecule has 1 saturated heterocycles. The molecule has 0 unspecified atom stereocenters. The summed E-state index contributed by atoms with van der Waals surface area (Å²) in [6.07, 6.45) is 4.60. The molecule has 8 heteroatoms. The van der Waals surface area contributed by atoms with Gasteiger partial charge in [-0.25, -0.2) is 15.1 Å². The maximum atomic E-state index is 5.30. The summed E-state index contributed by atoms with van der Waals surface area (Å²) in [6, 6.07) is 1.84. The minimum absolute atomic E-state index is 0.695. The highest BCUT2D eigenvalue weighted by molar-refractivity contribution is 7.71. The van der Waals surface area contributed by atoms with Crippen molar-refractivity contribution in [1.82, 2.24) is 24.7 Å². The predicted molar refractivity (Wildman–Crippen MR) is 84.2 cm³/mol. The molecule has 21 heavy (non-hydrogen) atoms. The van der Waals surface area contributed by atoms with Gasteiger partial charge >= 0.3 is 0 Å². The topological polar surface area (TPSA) is 65.9 Å². The summed E-state index contributed by atoms with van der Waals surface area (Å²) < 4.78 is 2.77. The quantitative estimate of drug-likeness (QED) is 0.863. The summed E-state index contributed by atoms with van der Waals surface area (Å²) in [5, 5.41) is 7.28. The SMILES string of the molecule is CCCn1c(N2CCN(c3ncccn3)CC2)n[nH]c1=S. The minimum Gasteiger partial charge on any atom is -0.337 e. The standard InChI is InChI=1S/C13H19N7S/c1-2-6-20-12(16-17-13(20)21)19-9-7-18(8-10-19)11-14-4-3-5-15-11/h3-5H,2,6-10H2,1H3,(H,17,21). The van der Waals surface area contributed by atoms with Crippen LogP contribution in [0.25, 0.3) is 0 Å². The van der Waals surface area contributed by atoms with Crippen LogP contribution in [0.2, 0.25) is 0 Å². The van der Waals surface area contributed by atoms with Crippen LogP contribution in [0.15, 0.2) is 18.5 Å². The van der Waals surface area contributed by atoms with Gasteiger partial charge in [0.1, 0.15) is 0 Å². The van der Waals surface area contributed by atoms with E-state index in [4.69, 9.17) is 12.2 Å². The smallest absolute Gasteiger partial charge is 0.225 e. The van der Waals surface area contributed by atoms with Gasteiger partial charge in [-0.1, -0.05) is 6.92 Å². The van der Waals surface area contributed by atoms with Crippen LogP contribution in [0.5, 0.6) is 0 Å². The Hall–Kier alpha value is -1.96. The first-order chi connectivity index (χ1) is 10.3. The van der Waals surface area contributed by atoms with Crippen LogP contribution in [-0.2, 0) is 6.54 Å². The van der Waals surface area contributed by atoms with Gasteiger partial charge in [0.05, 0.1) is 0 Å². The highest BCUT2D eigenvalue weighted by Crippen LogP contribution is 2.16. The van der Waals surface area contributed by atoms with Crippen molar-refractivity contribution in [3.63, 3.8) is 0 Å². The number of piperazine rings is 1. The Morgan fingerprint density at radius 2 is 1.81 bits per heavy atom. The molecule has 3 rings (SSSR count). The zero-order valence-electron chi connectivity index (χ0n) is 12.1. The van der Waals surface area contributed by atoms with Gasteiger partial charge in [0.15, 0.2) is 4.77 Å². The molecule has 1 fully saturated rings. The second kappa shape index (κ2) is 6.21. The normalized spacial score (nSPS) is 15.5. The summed E-state index contributed by atoms with van der Waals surface area (Å²) in [6.45, 7) is 6.59. The fraction of sp³-hybridized carbons (Fsp3) is 0.538. The highest BCUT2D eigenvalue weighted by atomic mass is 32.1. The second-order valence-corrected chi connectivity index (χ2v) is 5.39. The first kappa shape index (κ1) is 14.0. The lowest BCUT2D eigenvalue weighted by molar-refractivity contribution is 0.595. The van der Waals surface area contributed by atoms with E-state index in [0.717, 1.165) is 51.0 Å². The molecule has 2 aromatic rings. The van der Waals surface area contributed by atoms with Crippen molar-refractivity contribution in [1.29, 1.82) is 0 Å². The van der Waals surface area contributed by atoms with E-state index in [0.29, 0.717) is 4.77 Å². The lowest BCUT2D eigenvalue weighted by Gasteiger charge is -2.35. The summed E-state index contributed by atoms with van der Waals surface area (Å²) in [5.41, 5.74) is 0. The minimum atomic E-state index is 0.695. The monoisotopic (exact) mass is 305 g/mol. The van der Waals surface area contributed by atoms with E-state index in [1.54, 1.807) is 12.4 Å². The summed E-state index contributed by atoms with van der Waals surface area (Å²) in [7, 11) is 0. The fourth-order valence-electron chi connectivity index (χ4n) is 2.54. The number of aromatic nitrogens is 5. The molecule has 112 valence electrons. The third-order valence-electron chi connectivity index (χ3n) is 3.58. The van der Waals surface area contributed by atoms with Crippen molar-refractivity contribution in [2.75, 3.05) is 36.0 Å². The van der Waals surface area contributed by atoms with Crippen molar-refractivity contribution < 1.29 is 0 Å². The predicted octanol–water partition coefficient (Wildman–Crippen LogP) is 1.47. The van der Waals surface area contributed by atoms with E-state index in [9.17, 15) is 0 Å². The molecule has 2 aromatic heterocycles. The molecule has 0 aromatic carbocycles. The van der Waals surface area contributed by atoms with Crippen molar-refractivity contribution in [2.24, 2.45) is 0 Å². The van der Waals surface area contributed by atoms with Gasteiger partial charge in [0.2, 0.25) is 11.9 Å². The van der Waals surface area contributed by atoms with Gasteiger partial charge in [-0.05, 0) is 24.7 Å². The zero-order valence-corrected chi connectivity index (χ0v) is 12.9. The molecule has 0 aliphatic carbocycles. The average Bonchev–Trinajstić information content (AvgIpc) is 2.90. The average molecular weight is 305 g/mol. The molecule has 3 heterocycles. The summed E-state index contributed by atoms with van der Waals surface area (Å²) in [5.74, 6) is 1.74. The van der Waals surface area contributed by atoms with Crippen molar-refractivity contribution in [3.05, 3.63) is 23.2 Å². The van der Waals surface area contributed by atoms with E-state index < -0.39 is 0 Å². The molecule has 1 aliphatic heterocycles. The molecule has 7 nitrogen and oxygen atoms in total. The zero-order chi connectivity index (χ0) is 14.7. The Kier molecular flexibility index (Phi) is 4.14. The third-order valence-corrected chi connectivity index (χ3v) is 3.89. The van der Waals surface area contributed by atoms with E-state index >= 15 is 0 Å². The number of H-pyrrole nitrogens is 1. The Labute approximate surface area is 128 Å². The van der Waals surface area contributed by atoms with Gasteiger partial charge in [-0.3, -0.25) is 4.57 Å². The van der Waals surface area contributed by atoms with E-state index in [1.807, 2.05) is 6.07 Å². The van der Waals surface area contributed by atoms with Crippen molar-refractivity contribution in [3.8, 4) is 0 Å². The Balaban J connectivity index is 1.70. The first-order valence-electron chi connectivity index (χ1n) is 7.21. The van der Waals surface area contributed by atoms with Crippen LogP contribution >= 0.6 is 12.2 Å². The van der Waals surface area contributed by atoms with Gasteiger partial charge < -0.3 is 9.80 Å². The lowest BCUT2D eigenvalue weighted by Crippen LogP contribution is -2.48. The van der Waals surface area contributed by atoms with Crippen LogP contribution in [-0.4, -0.2) is 50.9 Å². The first-order valence-corrected chi connectivity index (χ1v) is 7.62. The number of hydrogen-bond acceptors (Lipinski definition) is 6. The van der Waals surface area contributed by atoms with E-state index in [-0.39, 0.29) is 0 Å². The molecule has 1 N–H and O–H groups in total. The molecule has 1 aliphatic rings. The molecule has 0 atom stereocenters. The summed E-state index contributed by atoms with van der Waals surface area (Å²) >= 11 is 5.30. The highest BCUT2D eigenvalue weighted by Gasteiger charge is 2.22. The van der Waals surface area contributed by atoms with Crippen LogP contribution in [0.4, 0.5) is 11.9 Å². The number of nitrogens with one attached hydrogen (secondary N) is 1. The molecule has 0 bridgehead atoms. The second-order valence-electron chi connectivity index (χ2n) is 5.00. The Bertz CT molecular complexity index is 627. The number of aromatic amines is 1. The van der Waals surface area contributed by atoms with Gasteiger partial charge in [-0.2, -0.15) is 0 Å². The lowest BCUT2D eigenvalue weighted by atomic mass is 10.3. The van der Waals surface area contributed by atoms with Crippen LogP contribution in [0, 0.1) is 4.77 Å². The molecule has 0 radical (unpaired) electrons. The third kappa shape index (κ3) is 2.90. The number of anilines is 2.